The van der Waals surface area contributed by atoms with Gasteiger partial charge < -0.3 is 9.84 Å². The van der Waals surface area contributed by atoms with E-state index in [2.05, 4.69) is 6.92 Å². The minimum atomic E-state index is -0.832. The van der Waals surface area contributed by atoms with Crippen molar-refractivity contribution in [3.05, 3.63) is 20.4 Å². The topological polar surface area (TPSA) is 63.6 Å². The highest BCUT2D eigenvalue weighted by atomic mass is 16.5. The van der Waals surface area contributed by atoms with Crippen LogP contribution in [0.4, 0.5) is 0 Å². The second-order valence-corrected chi connectivity index (χ2v) is 4.66. The van der Waals surface area contributed by atoms with Crippen LogP contribution in [0.1, 0.15) is 58.3 Å². The minimum Gasteiger partial charge on any atom is -0.501 e. The van der Waals surface area contributed by atoms with Crippen LogP contribution < -0.4 is 15.6 Å². The van der Waals surface area contributed by atoms with Gasteiger partial charge in [0.1, 0.15) is 0 Å². The molecule has 0 atom stereocenters. The Balaban J connectivity index is 1.97. The van der Waals surface area contributed by atoms with E-state index in [1.54, 1.807) is 0 Å². The first-order chi connectivity index (χ1) is 8.68. The van der Waals surface area contributed by atoms with Gasteiger partial charge in [-0.3, -0.25) is 9.59 Å². The van der Waals surface area contributed by atoms with Crippen LogP contribution in [0.25, 0.3) is 0 Å². The lowest BCUT2D eigenvalue weighted by Gasteiger charge is -2.08. The van der Waals surface area contributed by atoms with Crippen LogP contribution in [0.15, 0.2) is 9.59 Å². The summed E-state index contributed by atoms with van der Waals surface area (Å²) in [6, 6.07) is 0. The molecule has 0 bridgehead atoms. The average Bonchev–Trinajstić information content (AvgIpc) is 2.40. The summed E-state index contributed by atoms with van der Waals surface area (Å²) >= 11 is 0. The maximum atomic E-state index is 10.9. The van der Waals surface area contributed by atoms with Gasteiger partial charge in [-0.05, 0) is 6.42 Å². The molecule has 1 aromatic carbocycles. The first-order valence-electron chi connectivity index (χ1n) is 6.83. The van der Waals surface area contributed by atoms with Gasteiger partial charge in [-0.1, -0.05) is 51.9 Å². The molecular weight excluding hydrogens is 232 g/mol. The summed E-state index contributed by atoms with van der Waals surface area (Å²) in [6.45, 7) is 2.60. The lowest BCUT2D eigenvalue weighted by molar-refractivity contribution is 0.278. The third kappa shape index (κ3) is 4.17. The van der Waals surface area contributed by atoms with E-state index in [9.17, 15) is 9.59 Å². The van der Waals surface area contributed by atoms with Gasteiger partial charge in [-0.2, -0.15) is 0 Å². The van der Waals surface area contributed by atoms with E-state index in [4.69, 9.17) is 9.84 Å². The fourth-order valence-electron chi connectivity index (χ4n) is 1.90. The van der Waals surface area contributed by atoms with Crippen molar-refractivity contribution in [1.29, 1.82) is 0 Å². The first-order valence-corrected chi connectivity index (χ1v) is 6.83. The maximum absolute atomic E-state index is 10.9. The standard InChI is InChI=1S/C14H22O4/c1-2-3-4-5-6-7-8-9-10-18-14-12(16)11(15)13(14)17/h16H,2-10H2,1H3. The molecule has 0 fully saturated rings. The van der Waals surface area contributed by atoms with Crippen LogP contribution in [0.3, 0.4) is 0 Å². The van der Waals surface area contributed by atoms with Crippen molar-refractivity contribution in [3.63, 3.8) is 0 Å². The van der Waals surface area contributed by atoms with E-state index in [0.717, 1.165) is 12.8 Å². The number of hydrogen-bond acceptors (Lipinski definition) is 4. The van der Waals surface area contributed by atoms with Crippen molar-refractivity contribution in [1.82, 2.24) is 0 Å². The zero-order chi connectivity index (χ0) is 13.4. The number of aromatic hydroxyl groups is 1. The van der Waals surface area contributed by atoms with Crippen LogP contribution >= 0.6 is 0 Å². The second kappa shape index (κ2) is 7.90. The van der Waals surface area contributed by atoms with E-state index in [1.807, 2.05) is 0 Å². The normalized spacial score (nSPS) is 10.9. The van der Waals surface area contributed by atoms with Gasteiger partial charge in [0.15, 0.2) is 0 Å². The lowest BCUT2D eigenvalue weighted by atomic mass is 10.1. The fourth-order valence-corrected chi connectivity index (χ4v) is 1.90. The van der Waals surface area contributed by atoms with Gasteiger partial charge >= 0.3 is 0 Å². The maximum Gasteiger partial charge on any atom is 0.275 e. The predicted octanol–water partition coefficient (Wildman–Crippen LogP) is 2.51. The van der Waals surface area contributed by atoms with Crippen molar-refractivity contribution in [3.8, 4) is 11.5 Å². The molecule has 0 saturated carbocycles. The molecule has 0 saturated heterocycles. The second-order valence-electron chi connectivity index (χ2n) is 4.66. The van der Waals surface area contributed by atoms with Crippen LogP contribution in [0, 0.1) is 0 Å². The molecule has 0 aromatic heterocycles. The zero-order valence-corrected chi connectivity index (χ0v) is 11.0. The molecule has 0 spiro atoms. The van der Waals surface area contributed by atoms with Crippen molar-refractivity contribution in [2.75, 3.05) is 6.61 Å². The lowest BCUT2D eigenvalue weighted by Crippen LogP contribution is -2.31. The predicted molar refractivity (Wildman–Crippen MR) is 71.1 cm³/mol. The fraction of sp³-hybridized carbons (Fsp3) is 0.714. The van der Waals surface area contributed by atoms with E-state index in [1.165, 1.54) is 38.5 Å². The molecule has 1 aromatic rings. The van der Waals surface area contributed by atoms with Crippen LogP contribution in [0.5, 0.6) is 11.5 Å². The summed E-state index contributed by atoms with van der Waals surface area (Å²) in [5.74, 6) is -0.664. The van der Waals surface area contributed by atoms with Gasteiger partial charge in [0.05, 0.1) is 6.61 Å². The highest BCUT2D eigenvalue weighted by molar-refractivity contribution is 5.44. The third-order valence-electron chi connectivity index (χ3n) is 3.09. The molecule has 102 valence electrons. The Morgan fingerprint density at radius 3 is 2.00 bits per heavy atom. The Hall–Kier alpha value is -1.32. The van der Waals surface area contributed by atoms with Crippen molar-refractivity contribution < 1.29 is 9.84 Å². The highest BCUT2D eigenvalue weighted by Gasteiger charge is 2.21. The van der Waals surface area contributed by atoms with Crippen molar-refractivity contribution >= 4 is 0 Å². The van der Waals surface area contributed by atoms with E-state index in [-0.39, 0.29) is 5.75 Å². The Kier molecular flexibility index (Phi) is 6.47. The highest BCUT2D eigenvalue weighted by Crippen LogP contribution is 2.18. The SMILES string of the molecule is CCCCCCCCCCOc1c(O)c(=O)c1=O. The van der Waals surface area contributed by atoms with E-state index in [0.29, 0.717) is 6.61 Å². The van der Waals surface area contributed by atoms with Crippen LogP contribution in [-0.4, -0.2) is 11.7 Å². The molecule has 0 amide bonds. The molecule has 1 rings (SSSR count). The van der Waals surface area contributed by atoms with Gasteiger partial charge in [-0.15, -0.1) is 0 Å². The van der Waals surface area contributed by atoms with Gasteiger partial charge in [0.25, 0.3) is 10.9 Å². The summed E-state index contributed by atoms with van der Waals surface area (Å²) in [4.78, 5) is 21.6. The summed E-state index contributed by atoms with van der Waals surface area (Å²) in [6.07, 6.45) is 9.49. The Morgan fingerprint density at radius 2 is 1.44 bits per heavy atom. The van der Waals surface area contributed by atoms with Gasteiger partial charge in [0.2, 0.25) is 11.5 Å². The number of unbranched alkanes of at least 4 members (excludes halogenated alkanes) is 7. The molecule has 0 aliphatic carbocycles. The Bertz CT molecular complexity index is 415. The molecular formula is C14H22O4. The largest absolute Gasteiger partial charge is 0.501 e. The minimum absolute atomic E-state index is 0.150. The van der Waals surface area contributed by atoms with Gasteiger partial charge in [-0.25, -0.2) is 0 Å². The molecule has 1 N–H and O–H groups in total. The van der Waals surface area contributed by atoms with E-state index >= 15 is 0 Å². The van der Waals surface area contributed by atoms with Gasteiger partial charge in [0, 0.05) is 0 Å². The summed E-state index contributed by atoms with van der Waals surface area (Å²) < 4.78 is 5.08. The van der Waals surface area contributed by atoms with Crippen LogP contribution in [-0.2, 0) is 0 Å². The molecule has 4 heteroatoms. The average molecular weight is 254 g/mol. The van der Waals surface area contributed by atoms with E-state index < -0.39 is 16.6 Å². The Labute approximate surface area is 107 Å². The number of rotatable bonds is 10. The molecule has 0 unspecified atom stereocenters. The zero-order valence-electron chi connectivity index (χ0n) is 11.0. The number of hydrogen-bond donors (Lipinski definition) is 1. The first kappa shape index (κ1) is 14.7. The Morgan fingerprint density at radius 1 is 0.889 bits per heavy atom. The molecule has 0 aliphatic rings. The van der Waals surface area contributed by atoms with Crippen molar-refractivity contribution in [2.45, 2.75) is 58.3 Å². The third-order valence-corrected chi connectivity index (χ3v) is 3.09. The smallest absolute Gasteiger partial charge is 0.275 e. The molecule has 4 nitrogen and oxygen atoms in total. The van der Waals surface area contributed by atoms with Crippen molar-refractivity contribution in [2.24, 2.45) is 0 Å². The monoisotopic (exact) mass is 254 g/mol. The summed E-state index contributed by atoms with van der Waals surface area (Å²) in [5, 5.41) is 9.05. The quantitative estimate of drug-likeness (QED) is 0.514. The molecule has 0 aliphatic heterocycles. The summed E-state index contributed by atoms with van der Waals surface area (Å²) in [7, 11) is 0. The summed E-state index contributed by atoms with van der Waals surface area (Å²) in [5.41, 5.74) is -1.53. The number of ether oxygens (including phenoxy) is 1. The molecule has 18 heavy (non-hydrogen) atoms. The molecule has 0 radical (unpaired) electrons. The van der Waals surface area contributed by atoms with Crippen LogP contribution in [0.2, 0.25) is 0 Å². The molecule has 0 heterocycles.